The zero-order valence-electron chi connectivity index (χ0n) is 15.0. The molecule has 140 valence electrons. The van der Waals surface area contributed by atoms with Gasteiger partial charge in [0.2, 0.25) is 4.96 Å². The van der Waals surface area contributed by atoms with Crippen LogP contribution in [0.5, 0.6) is 0 Å². The molecule has 0 aliphatic heterocycles. The van der Waals surface area contributed by atoms with Gasteiger partial charge in [-0.15, -0.1) is 16.4 Å². The number of anilines is 1. The van der Waals surface area contributed by atoms with Crippen LogP contribution in [-0.4, -0.2) is 25.4 Å². The molecule has 4 rings (SSSR count). The van der Waals surface area contributed by atoms with E-state index in [-0.39, 0.29) is 17.2 Å². The van der Waals surface area contributed by atoms with Crippen molar-refractivity contribution in [3.63, 3.8) is 0 Å². The molecule has 9 heteroatoms. The number of nitrogens with zero attached hydrogens (tertiary/aromatic N) is 4. The van der Waals surface area contributed by atoms with E-state index < -0.39 is 10.8 Å². The fraction of sp³-hybridized carbons (Fsp3) is 0.105. The number of rotatable bonds is 4. The molecule has 1 amide bonds. The highest BCUT2D eigenvalue weighted by atomic mass is 32.1. The van der Waals surface area contributed by atoms with Crippen molar-refractivity contribution in [2.24, 2.45) is 0 Å². The highest BCUT2D eigenvalue weighted by Crippen LogP contribution is 2.29. The highest BCUT2D eigenvalue weighted by molar-refractivity contribution is 7.15. The molecule has 2 aromatic carbocycles. The van der Waals surface area contributed by atoms with Crippen molar-refractivity contribution >= 4 is 33.8 Å². The number of hydrogen-bond donors (Lipinski definition) is 1. The van der Waals surface area contributed by atoms with Gasteiger partial charge in [-0.05, 0) is 25.5 Å². The van der Waals surface area contributed by atoms with Gasteiger partial charge in [-0.25, -0.2) is 4.52 Å². The van der Waals surface area contributed by atoms with Crippen LogP contribution in [0.1, 0.15) is 21.5 Å². The zero-order chi connectivity index (χ0) is 19.8. The molecule has 28 heavy (non-hydrogen) atoms. The Hall–Kier alpha value is -3.59. The number of para-hydroxylation sites is 1. The van der Waals surface area contributed by atoms with Crippen molar-refractivity contribution in [2.45, 2.75) is 13.8 Å². The standard InChI is InChI=1S/C19H15N5O3S/c1-11-7-8-13(12(2)9-11)16-10-28-19-21-18(22-23(16)19)20-17(25)14-5-3-4-6-15(14)24(26)27/h3-10H,1-2H3,(H,20,22,25). The summed E-state index contributed by atoms with van der Waals surface area (Å²) in [6.07, 6.45) is 0. The maximum Gasteiger partial charge on any atom is 0.282 e. The topological polar surface area (TPSA) is 102 Å². The highest BCUT2D eigenvalue weighted by Gasteiger charge is 2.21. The summed E-state index contributed by atoms with van der Waals surface area (Å²) in [6.45, 7) is 4.06. The van der Waals surface area contributed by atoms with Gasteiger partial charge in [0.15, 0.2) is 0 Å². The van der Waals surface area contributed by atoms with Gasteiger partial charge in [0.25, 0.3) is 17.5 Å². The summed E-state index contributed by atoms with van der Waals surface area (Å²) >= 11 is 1.40. The molecule has 8 nitrogen and oxygen atoms in total. The molecule has 0 aliphatic rings. The van der Waals surface area contributed by atoms with Crippen LogP contribution in [-0.2, 0) is 0 Å². The molecule has 0 bridgehead atoms. The number of hydrogen-bond acceptors (Lipinski definition) is 6. The SMILES string of the molecule is Cc1ccc(-c2csc3nc(NC(=O)c4ccccc4[N+](=O)[O-])nn23)c(C)c1. The summed E-state index contributed by atoms with van der Waals surface area (Å²) in [6, 6.07) is 11.9. The Morgan fingerprint density at radius 1 is 1.21 bits per heavy atom. The number of nitro groups is 1. The van der Waals surface area contributed by atoms with Crippen molar-refractivity contribution in [3.8, 4) is 11.3 Å². The van der Waals surface area contributed by atoms with E-state index in [1.807, 2.05) is 31.4 Å². The van der Waals surface area contributed by atoms with Crippen LogP contribution >= 0.6 is 11.3 Å². The van der Waals surface area contributed by atoms with E-state index in [0.717, 1.165) is 16.8 Å². The van der Waals surface area contributed by atoms with E-state index in [2.05, 4.69) is 21.5 Å². The number of thiazole rings is 1. The van der Waals surface area contributed by atoms with E-state index in [0.29, 0.717) is 4.96 Å². The second kappa shape index (κ2) is 6.86. The smallest absolute Gasteiger partial charge is 0.282 e. The molecule has 4 aromatic rings. The molecular weight excluding hydrogens is 378 g/mol. The van der Waals surface area contributed by atoms with E-state index in [9.17, 15) is 14.9 Å². The van der Waals surface area contributed by atoms with Crippen molar-refractivity contribution in [1.82, 2.24) is 14.6 Å². The van der Waals surface area contributed by atoms with Crippen LogP contribution in [0.3, 0.4) is 0 Å². The lowest BCUT2D eigenvalue weighted by Gasteiger charge is -2.05. The molecule has 2 heterocycles. The summed E-state index contributed by atoms with van der Waals surface area (Å²) in [4.78, 5) is 28.0. The van der Waals surface area contributed by atoms with Crippen molar-refractivity contribution in [3.05, 3.63) is 74.6 Å². The molecule has 0 radical (unpaired) electrons. The minimum absolute atomic E-state index is 0.0414. The average molecular weight is 393 g/mol. The van der Waals surface area contributed by atoms with Gasteiger partial charge in [-0.3, -0.25) is 20.2 Å². The quantitative estimate of drug-likeness (QED) is 0.413. The Morgan fingerprint density at radius 3 is 2.75 bits per heavy atom. The molecule has 0 unspecified atom stereocenters. The third kappa shape index (κ3) is 3.12. The van der Waals surface area contributed by atoms with Crippen LogP contribution < -0.4 is 5.32 Å². The summed E-state index contributed by atoms with van der Waals surface area (Å²) < 4.78 is 1.66. The molecule has 0 atom stereocenters. The molecule has 0 saturated heterocycles. The van der Waals surface area contributed by atoms with Crippen molar-refractivity contribution < 1.29 is 9.72 Å². The van der Waals surface area contributed by atoms with Gasteiger partial charge < -0.3 is 0 Å². The van der Waals surface area contributed by atoms with Crippen LogP contribution in [0.4, 0.5) is 11.6 Å². The number of nitrogens with one attached hydrogen (secondary N) is 1. The lowest BCUT2D eigenvalue weighted by molar-refractivity contribution is -0.385. The fourth-order valence-corrected chi connectivity index (χ4v) is 3.84. The first-order valence-corrected chi connectivity index (χ1v) is 9.28. The molecule has 0 spiro atoms. The molecule has 1 N–H and O–H groups in total. The van der Waals surface area contributed by atoms with Gasteiger partial charge in [0, 0.05) is 17.0 Å². The number of nitro benzene ring substituents is 1. The molecule has 0 aliphatic carbocycles. The lowest BCUT2D eigenvalue weighted by atomic mass is 10.0. The predicted molar refractivity (Wildman–Crippen MR) is 107 cm³/mol. The summed E-state index contributed by atoms with van der Waals surface area (Å²) in [5, 5.41) is 20.0. The lowest BCUT2D eigenvalue weighted by Crippen LogP contribution is -2.15. The Morgan fingerprint density at radius 2 is 2.00 bits per heavy atom. The van der Waals surface area contributed by atoms with Gasteiger partial charge in [-0.2, -0.15) is 4.98 Å². The maximum atomic E-state index is 12.5. The van der Waals surface area contributed by atoms with Crippen LogP contribution in [0, 0.1) is 24.0 Å². The van der Waals surface area contributed by atoms with E-state index in [1.165, 1.54) is 35.1 Å². The summed E-state index contributed by atoms with van der Waals surface area (Å²) in [5.41, 5.74) is 3.87. The third-order valence-corrected chi connectivity index (χ3v) is 5.13. The minimum Gasteiger partial charge on any atom is -0.289 e. The maximum absolute atomic E-state index is 12.5. The van der Waals surface area contributed by atoms with Gasteiger partial charge in [-0.1, -0.05) is 35.9 Å². The number of amides is 1. The Bertz CT molecular complexity index is 1230. The van der Waals surface area contributed by atoms with Crippen molar-refractivity contribution in [2.75, 3.05) is 5.32 Å². The predicted octanol–water partition coefficient (Wildman–Crippen LogP) is 4.24. The van der Waals surface area contributed by atoms with Gasteiger partial charge in [0.1, 0.15) is 5.56 Å². The number of carbonyl (C=O) groups is 1. The normalized spacial score (nSPS) is 10.9. The van der Waals surface area contributed by atoms with Gasteiger partial charge in [0.05, 0.1) is 10.6 Å². The fourth-order valence-electron chi connectivity index (χ4n) is 3.01. The number of benzene rings is 2. The van der Waals surface area contributed by atoms with E-state index >= 15 is 0 Å². The number of fused-ring (bicyclic) bond motifs is 1. The Balaban J connectivity index is 1.68. The monoisotopic (exact) mass is 393 g/mol. The zero-order valence-corrected chi connectivity index (χ0v) is 15.9. The molecular formula is C19H15N5O3S. The average Bonchev–Trinajstić information content (AvgIpc) is 3.22. The molecule has 0 saturated carbocycles. The van der Waals surface area contributed by atoms with Crippen molar-refractivity contribution in [1.29, 1.82) is 0 Å². The second-order valence-corrected chi connectivity index (χ2v) is 7.13. The van der Waals surface area contributed by atoms with Crippen LogP contribution in [0.15, 0.2) is 47.8 Å². The summed E-state index contributed by atoms with van der Waals surface area (Å²) in [5.74, 6) is -0.528. The summed E-state index contributed by atoms with van der Waals surface area (Å²) in [7, 11) is 0. The number of carbonyl (C=O) groups excluding carboxylic acids is 1. The van der Waals surface area contributed by atoms with E-state index in [4.69, 9.17) is 0 Å². The van der Waals surface area contributed by atoms with Gasteiger partial charge >= 0.3 is 0 Å². The van der Waals surface area contributed by atoms with E-state index in [1.54, 1.807) is 10.6 Å². The van der Waals surface area contributed by atoms with Crippen LogP contribution in [0.25, 0.3) is 16.2 Å². The Kier molecular flexibility index (Phi) is 4.36. The minimum atomic E-state index is -0.626. The first-order chi connectivity index (χ1) is 13.4. The van der Waals surface area contributed by atoms with Crippen LogP contribution in [0.2, 0.25) is 0 Å². The first-order valence-electron chi connectivity index (χ1n) is 8.40. The third-order valence-electron chi connectivity index (χ3n) is 4.31. The second-order valence-electron chi connectivity index (χ2n) is 6.30. The Labute approximate surface area is 163 Å². The largest absolute Gasteiger partial charge is 0.289 e. The molecule has 2 aromatic heterocycles. The molecule has 0 fully saturated rings. The number of aryl methyl sites for hydroxylation is 2. The first kappa shape index (κ1) is 17.8. The number of aromatic nitrogens is 3.